The van der Waals surface area contributed by atoms with Gasteiger partial charge in [-0.05, 0) is 19.3 Å². The van der Waals surface area contributed by atoms with E-state index < -0.39 is 0 Å². The van der Waals surface area contributed by atoms with E-state index in [1.165, 1.54) is 0 Å². The molecule has 0 aromatic heterocycles. The zero-order valence-corrected chi connectivity index (χ0v) is 8.80. The quantitative estimate of drug-likeness (QED) is 0.648. The molecular formula is C10H19NO2. The monoisotopic (exact) mass is 185 g/mol. The molecule has 0 atom stereocenters. The molecule has 0 N–H and O–H groups in total. The zero-order valence-electron chi connectivity index (χ0n) is 8.80. The van der Waals surface area contributed by atoms with E-state index in [1.54, 1.807) is 4.90 Å². The van der Waals surface area contributed by atoms with Crippen molar-refractivity contribution in [1.82, 2.24) is 4.90 Å². The van der Waals surface area contributed by atoms with E-state index in [9.17, 15) is 4.79 Å². The molecule has 3 nitrogen and oxygen atoms in total. The highest BCUT2D eigenvalue weighted by Gasteiger charge is 2.39. The molecule has 0 aromatic rings. The second kappa shape index (κ2) is 4.09. The fraction of sp³-hybridized carbons (Fsp3) is 0.900. The van der Waals surface area contributed by atoms with Crippen LogP contribution in [0.3, 0.4) is 0 Å². The Morgan fingerprint density at radius 2 is 1.92 bits per heavy atom. The molecular weight excluding hydrogens is 166 g/mol. The van der Waals surface area contributed by atoms with Crippen molar-refractivity contribution < 1.29 is 9.53 Å². The molecule has 3 heteroatoms. The number of amides is 1. The van der Waals surface area contributed by atoms with Crippen molar-refractivity contribution in [2.45, 2.75) is 26.2 Å². The highest BCUT2D eigenvalue weighted by atomic mass is 16.5. The van der Waals surface area contributed by atoms with Crippen LogP contribution < -0.4 is 0 Å². The predicted molar refractivity (Wildman–Crippen MR) is 51.5 cm³/mol. The van der Waals surface area contributed by atoms with Gasteiger partial charge in [0.15, 0.2) is 0 Å². The summed E-state index contributed by atoms with van der Waals surface area (Å²) in [6.45, 7) is 3.55. The Morgan fingerprint density at radius 3 is 2.31 bits per heavy atom. The summed E-state index contributed by atoms with van der Waals surface area (Å²) in [5, 5.41) is 0. The minimum Gasteiger partial charge on any atom is -0.381 e. The van der Waals surface area contributed by atoms with Crippen molar-refractivity contribution >= 4 is 5.91 Å². The lowest BCUT2D eigenvalue weighted by Crippen LogP contribution is -2.43. The van der Waals surface area contributed by atoms with Crippen molar-refractivity contribution in [2.24, 2.45) is 5.41 Å². The SMILES string of the molecule is CCC1(C(=O)N(C)C)CCOCC1. The highest BCUT2D eigenvalue weighted by Crippen LogP contribution is 2.35. The van der Waals surface area contributed by atoms with Gasteiger partial charge in [0, 0.05) is 27.3 Å². The summed E-state index contributed by atoms with van der Waals surface area (Å²) in [5.74, 6) is 0.262. The van der Waals surface area contributed by atoms with Crippen molar-refractivity contribution in [1.29, 1.82) is 0 Å². The summed E-state index contributed by atoms with van der Waals surface area (Å²) in [6, 6.07) is 0. The number of carbonyl (C=O) groups is 1. The molecule has 1 saturated heterocycles. The van der Waals surface area contributed by atoms with Gasteiger partial charge in [-0.1, -0.05) is 6.92 Å². The Morgan fingerprint density at radius 1 is 1.38 bits per heavy atom. The normalized spacial score (nSPS) is 21.2. The average molecular weight is 185 g/mol. The molecule has 0 spiro atoms. The van der Waals surface area contributed by atoms with Gasteiger partial charge in [-0.2, -0.15) is 0 Å². The van der Waals surface area contributed by atoms with Gasteiger partial charge < -0.3 is 9.64 Å². The summed E-state index contributed by atoms with van der Waals surface area (Å²) in [4.78, 5) is 13.6. The Bertz CT molecular complexity index is 183. The van der Waals surface area contributed by atoms with Crippen LogP contribution in [0.4, 0.5) is 0 Å². The first kappa shape index (κ1) is 10.5. The lowest BCUT2D eigenvalue weighted by atomic mass is 9.77. The van der Waals surface area contributed by atoms with Gasteiger partial charge in [0.2, 0.25) is 5.91 Å². The smallest absolute Gasteiger partial charge is 0.228 e. The molecule has 0 aromatic carbocycles. The summed E-state index contributed by atoms with van der Waals surface area (Å²) >= 11 is 0. The second-order valence-corrected chi connectivity index (χ2v) is 3.95. The van der Waals surface area contributed by atoms with Crippen LogP contribution in [0.5, 0.6) is 0 Å². The minimum absolute atomic E-state index is 0.137. The Hall–Kier alpha value is -0.570. The molecule has 1 rings (SSSR count). The third kappa shape index (κ3) is 2.02. The maximum atomic E-state index is 11.9. The molecule has 0 bridgehead atoms. The third-order valence-corrected chi connectivity index (χ3v) is 2.99. The van der Waals surface area contributed by atoms with Gasteiger partial charge in [-0.3, -0.25) is 4.79 Å². The number of hydrogen-bond acceptors (Lipinski definition) is 2. The van der Waals surface area contributed by atoms with Crippen LogP contribution in [-0.4, -0.2) is 38.1 Å². The lowest BCUT2D eigenvalue weighted by molar-refractivity contribution is -0.145. The van der Waals surface area contributed by atoms with Crippen molar-refractivity contribution in [3.63, 3.8) is 0 Å². The van der Waals surface area contributed by atoms with E-state index in [1.807, 2.05) is 14.1 Å². The molecule has 1 aliphatic heterocycles. The highest BCUT2D eigenvalue weighted by molar-refractivity contribution is 5.82. The maximum Gasteiger partial charge on any atom is 0.228 e. The molecule has 0 unspecified atom stereocenters. The Labute approximate surface area is 80.1 Å². The maximum absolute atomic E-state index is 11.9. The van der Waals surface area contributed by atoms with Crippen LogP contribution in [0.1, 0.15) is 26.2 Å². The van der Waals surface area contributed by atoms with E-state index >= 15 is 0 Å². The first-order chi connectivity index (χ1) is 6.12. The molecule has 0 aliphatic carbocycles. The van der Waals surface area contributed by atoms with Crippen LogP contribution in [0.2, 0.25) is 0 Å². The van der Waals surface area contributed by atoms with Gasteiger partial charge in [0.1, 0.15) is 0 Å². The van der Waals surface area contributed by atoms with Crippen LogP contribution >= 0.6 is 0 Å². The molecule has 0 saturated carbocycles. The summed E-state index contributed by atoms with van der Waals surface area (Å²) in [7, 11) is 3.66. The van der Waals surface area contributed by atoms with Crippen molar-refractivity contribution in [2.75, 3.05) is 27.3 Å². The first-order valence-electron chi connectivity index (χ1n) is 4.92. The van der Waals surface area contributed by atoms with Crippen LogP contribution in [0.25, 0.3) is 0 Å². The van der Waals surface area contributed by atoms with Crippen molar-refractivity contribution in [3.8, 4) is 0 Å². The largest absolute Gasteiger partial charge is 0.381 e. The molecule has 76 valence electrons. The van der Waals surface area contributed by atoms with E-state index in [4.69, 9.17) is 4.74 Å². The van der Waals surface area contributed by atoms with E-state index in [2.05, 4.69) is 6.92 Å². The zero-order chi connectivity index (χ0) is 9.90. The van der Waals surface area contributed by atoms with Gasteiger partial charge in [0.25, 0.3) is 0 Å². The standard InChI is InChI=1S/C10H19NO2/c1-4-10(9(12)11(2)3)5-7-13-8-6-10/h4-8H2,1-3H3. The molecule has 13 heavy (non-hydrogen) atoms. The number of carbonyl (C=O) groups excluding carboxylic acids is 1. The second-order valence-electron chi connectivity index (χ2n) is 3.95. The van der Waals surface area contributed by atoms with Crippen LogP contribution in [-0.2, 0) is 9.53 Å². The summed E-state index contributed by atoms with van der Waals surface area (Å²) < 4.78 is 5.29. The molecule has 1 amide bonds. The topological polar surface area (TPSA) is 29.5 Å². The summed E-state index contributed by atoms with van der Waals surface area (Å²) in [6.07, 6.45) is 2.68. The number of rotatable bonds is 2. The summed E-state index contributed by atoms with van der Waals surface area (Å²) in [5.41, 5.74) is -0.137. The first-order valence-corrected chi connectivity index (χ1v) is 4.92. The Kier molecular flexibility index (Phi) is 3.31. The van der Waals surface area contributed by atoms with E-state index in [0.717, 1.165) is 32.5 Å². The van der Waals surface area contributed by atoms with Gasteiger partial charge >= 0.3 is 0 Å². The van der Waals surface area contributed by atoms with Gasteiger partial charge in [0.05, 0.1) is 5.41 Å². The third-order valence-electron chi connectivity index (χ3n) is 2.99. The van der Waals surface area contributed by atoms with Gasteiger partial charge in [-0.15, -0.1) is 0 Å². The van der Waals surface area contributed by atoms with Gasteiger partial charge in [-0.25, -0.2) is 0 Å². The molecule has 0 radical (unpaired) electrons. The number of nitrogens with zero attached hydrogens (tertiary/aromatic N) is 1. The fourth-order valence-corrected chi connectivity index (χ4v) is 1.96. The van der Waals surface area contributed by atoms with Crippen LogP contribution in [0.15, 0.2) is 0 Å². The molecule has 1 aliphatic rings. The van der Waals surface area contributed by atoms with Crippen LogP contribution in [0, 0.1) is 5.41 Å². The van der Waals surface area contributed by atoms with E-state index in [0.29, 0.717) is 0 Å². The molecule has 1 heterocycles. The lowest BCUT2D eigenvalue weighted by Gasteiger charge is -2.36. The average Bonchev–Trinajstić information content (AvgIpc) is 2.17. The number of ether oxygens (including phenoxy) is 1. The number of hydrogen-bond donors (Lipinski definition) is 0. The Balaban J connectivity index is 2.72. The predicted octanol–water partition coefficient (Wildman–Crippen LogP) is 1.28. The fourth-order valence-electron chi connectivity index (χ4n) is 1.96. The minimum atomic E-state index is -0.137. The molecule has 1 fully saturated rings. The van der Waals surface area contributed by atoms with E-state index in [-0.39, 0.29) is 11.3 Å². The van der Waals surface area contributed by atoms with Crippen molar-refractivity contribution in [3.05, 3.63) is 0 Å².